The van der Waals surface area contributed by atoms with E-state index in [2.05, 4.69) is 0 Å². The van der Waals surface area contributed by atoms with Crippen LogP contribution in [0, 0.1) is 0 Å². The number of sulfone groups is 1. The fraction of sp³-hybridized carbons (Fsp3) is 0.462. The molecule has 1 fully saturated rings. The Labute approximate surface area is 117 Å². The smallest absolute Gasteiger partial charge is 0.246 e. The molecule has 0 saturated carbocycles. The zero-order valence-corrected chi connectivity index (χ0v) is 12.4. The first-order valence-corrected chi connectivity index (χ1v) is 8.94. The minimum atomic E-state index is -2.96. The van der Waals surface area contributed by atoms with Crippen LogP contribution in [0.4, 0.5) is 0 Å². The summed E-state index contributed by atoms with van der Waals surface area (Å²) in [6, 6.07) is 3.69. The predicted molar refractivity (Wildman–Crippen MR) is 77.8 cm³/mol. The van der Waals surface area contributed by atoms with Crippen molar-refractivity contribution in [3.63, 3.8) is 0 Å². The Morgan fingerprint density at radius 1 is 1.58 bits per heavy atom. The molecule has 0 bridgehead atoms. The average molecular weight is 299 g/mol. The number of amides is 1. The molecule has 0 aromatic carbocycles. The third-order valence-electron chi connectivity index (χ3n) is 3.21. The van der Waals surface area contributed by atoms with Gasteiger partial charge in [-0.15, -0.1) is 11.3 Å². The van der Waals surface area contributed by atoms with Crippen molar-refractivity contribution in [2.24, 2.45) is 0 Å². The van der Waals surface area contributed by atoms with Crippen LogP contribution in [0.25, 0.3) is 6.08 Å². The molecule has 1 aliphatic heterocycles. The van der Waals surface area contributed by atoms with E-state index in [1.807, 2.05) is 24.4 Å². The number of nitrogens with zero attached hydrogens (tertiary/aromatic N) is 1. The quantitative estimate of drug-likeness (QED) is 0.797. The maximum Gasteiger partial charge on any atom is 0.246 e. The van der Waals surface area contributed by atoms with Crippen LogP contribution in [0.2, 0.25) is 0 Å². The van der Waals surface area contributed by atoms with E-state index in [9.17, 15) is 13.2 Å². The highest BCUT2D eigenvalue weighted by molar-refractivity contribution is 7.91. The van der Waals surface area contributed by atoms with Crippen molar-refractivity contribution >= 4 is 33.2 Å². The monoisotopic (exact) mass is 299 g/mol. The fourth-order valence-corrected chi connectivity index (χ4v) is 4.60. The standard InChI is InChI=1S/C13H17NO3S2/c1-2-14(11-7-9-19(16,17)10-11)13(15)6-5-12-4-3-8-18-12/h3-6,8,11H,2,7,9-10H2,1H3/b6-5+. The fourth-order valence-electron chi connectivity index (χ4n) is 2.25. The van der Waals surface area contributed by atoms with Crippen molar-refractivity contribution in [2.45, 2.75) is 19.4 Å². The Morgan fingerprint density at radius 3 is 2.89 bits per heavy atom. The van der Waals surface area contributed by atoms with E-state index >= 15 is 0 Å². The molecular weight excluding hydrogens is 282 g/mol. The number of carbonyl (C=O) groups excluding carboxylic acids is 1. The van der Waals surface area contributed by atoms with E-state index in [0.717, 1.165) is 4.88 Å². The van der Waals surface area contributed by atoms with Crippen LogP contribution in [-0.2, 0) is 14.6 Å². The summed E-state index contributed by atoms with van der Waals surface area (Å²) >= 11 is 1.56. The summed E-state index contributed by atoms with van der Waals surface area (Å²) in [6.45, 7) is 2.41. The normalized spacial score (nSPS) is 21.8. The van der Waals surface area contributed by atoms with Gasteiger partial charge < -0.3 is 4.90 Å². The molecule has 1 saturated heterocycles. The van der Waals surface area contributed by atoms with E-state index in [-0.39, 0.29) is 23.5 Å². The summed E-state index contributed by atoms with van der Waals surface area (Å²) in [7, 11) is -2.96. The van der Waals surface area contributed by atoms with Crippen LogP contribution < -0.4 is 0 Å². The maximum atomic E-state index is 12.1. The van der Waals surface area contributed by atoms with Crippen LogP contribution in [0.1, 0.15) is 18.2 Å². The minimum absolute atomic E-state index is 0.0966. The van der Waals surface area contributed by atoms with Gasteiger partial charge in [0.05, 0.1) is 11.5 Å². The third kappa shape index (κ3) is 3.67. The second-order valence-corrected chi connectivity index (χ2v) is 7.74. The van der Waals surface area contributed by atoms with Gasteiger partial charge in [-0.2, -0.15) is 0 Å². The zero-order chi connectivity index (χ0) is 13.9. The molecule has 2 rings (SSSR count). The first kappa shape index (κ1) is 14.3. The van der Waals surface area contributed by atoms with Crippen LogP contribution >= 0.6 is 11.3 Å². The molecule has 1 atom stereocenters. The molecule has 1 aromatic rings. The average Bonchev–Trinajstić information content (AvgIpc) is 2.97. The van der Waals surface area contributed by atoms with Gasteiger partial charge in [-0.25, -0.2) is 8.42 Å². The molecule has 19 heavy (non-hydrogen) atoms. The highest BCUT2D eigenvalue weighted by Gasteiger charge is 2.33. The van der Waals surface area contributed by atoms with Crippen molar-refractivity contribution in [1.29, 1.82) is 0 Å². The molecular formula is C13H17NO3S2. The summed E-state index contributed by atoms with van der Waals surface area (Å²) in [5.74, 6) is 0.174. The van der Waals surface area contributed by atoms with Crippen LogP contribution in [0.5, 0.6) is 0 Å². The van der Waals surface area contributed by atoms with E-state index in [0.29, 0.717) is 13.0 Å². The Balaban J connectivity index is 2.04. The number of rotatable bonds is 4. The molecule has 104 valence electrons. The summed E-state index contributed by atoms with van der Waals surface area (Å²) in [6.07, 6.45) is 3.86. The largest absolute Gasteiger partial charge is 0.335 e. The van der Waals surface area contributed by atoms with Gasteiger partial charge in [0.25, 0.3) is 0 Å². The predicted octanol–water partition coefficient (Wildman–Crippen LogP) is 1.80. The molecule has 1 amide bonds. The van der Waals surface area contributed by atoms with Gasteiger partial charge in [-0.1, -0.05) is 6.07 Å². The first-order valence-electron chi connectivity index (χ1n) is 6.24. The summed E-state index contributed by atoms with van der Waals surface area (Å²) < 4.78 is 22.9. The number of likely N-dealkylation sites (N-methyl/N-ethyl adjacent to an activating group) is 1. The number of hydrogen-bond donors (Lipinski definition) is 0. The van der Waals surface area contributed by atoms with E-state index in [1.165, 1.54) is 6.08 Å². The molecule has 6 heteroatoms. The molecule has 1 aromatic heterocycles. The van der Waals surface area contributed by atoms with E-state index < -0.39 is 9.84 Å². The minimum Gasteiger partial charge on any atom is -0.335 e. The van der Waals surface area contributed by atoms with Gasteiger partial charge in [0, 0.05) is 23.5 Å². The molecule has 4 nitrogen and oxygen atoms in total. The second kappa shape index (κ2) is 5.88. The van der Waals surface area contributed by atoms with Gasteiger partial charge in [0.2, 0.25) is 5.91 Å². The number of carbonyl (C=O) groups is 1. The lowest BCUT2D eigenvalue weighted by atomic mass is 10.2. The highest BCUT2D eigenvalue weighted by Crippen LogP contribution is 2.18. The SMILES string of the molecule is CCN(C(=O)/C=C/c1cccs1)C1CCS(=O)(=O)C1. The van der Waals surface area contributed by atoms with Crippen molar-refractivity contribution in [1.82, 2.24) is 4.90 Å². The summed E-state index contributed by atoms with van der Waals surface area (Å²) in [4.78, 5) is 14.8. The molecule has 0 N–H and O–H groups in total. The van der Waals surface area contributed by atoms with Crippen molar-refractivity contribution < 1.29 is 13.2 Å². The van der Waals surface area contributed by atoms with Crippen LogP contribution in [-0.4, -0.2) is 43.3 Å². The Morgan fingerprint density at radius 2 is 2.37 bits per heavy atom. The summed E-state index contributed by atoms with van der Waals surface area (Å²) in [5.41, 5.74) is 0. The van der Waals surface area contributed by atoms with Crippen LogP contribution in [0.15, 0.2) is 23.6 Å². The zero-order valence-electron chi connectivity index (χ0n) is 10.8. The molecule has 1 unspecified atom stereocenters. The topological polar surface area (TPSA) is 54.5 Å². The first-order chi connectivity index (χ1) is 9.02. The van der Waals surface area contributed by atoms with Crippen molar-refractivity contribution in [3.8, 4) is 0 Å². The van der Waals surface area contributed by atoms with Gasteiger partial charge in [-0.3, -0.25) is 4.79 Å². The van der Waals surface area contributed by atoms with Gasteiger partial charge >= 0.3 is 0 Å². The maximum absolute atomic E-state index is 12.1. The number of hydrogen-bond acceptors (Lipinski definition) is 4. The van der Waals surface area contributed by atoms with Gasteiger partial charge in [-0.05, 0) is 30.9 Å². The van der Waals surface area contributed by atoms with Crippen molar-refractivity contribution in [2.75, 3.05) is 18.1 Å². The third-order valence-corrected chi connectivity index (χ3v) is 5.79. The summed E-state index contributed by atoms with van der Waals surface area (Å²) in [5, 5.41) is 1.95. The van der Waals surface area contributed by atoms with E-state index in [1.54, 1.807) is 22.3 Å². The molecule has 0 aliphatic carbocycles. The second-order valence-electron chi connectivity index (χ2n) is 4.53. The Hall–Kier alpha value is -1.14. The lowest BCUT2D eigenvalue weighted by Crippen LogP contribution is -2.39. The van der Waals surface area contributed by atoms with Crippen LogP contribution in [0.3, 0.4) is 0 Å². The molecule has 0 radical (unpaired) electrons. The molecule has 0 spiro atoms. The van der Waals surface area contributed by atoms with Gasteiger partial charge in [0.15, 0.2) is 9.84 Å². The molecule has 2 heterocycles. The lowest BCUT2D eigenvalue weighted by molar-refractivity contribution is -0.127. The Bertz CT molecular complexity index is 561. The lowest BCUT2D eigenvalue weighted by Gasteiger charge is -2.25. The highest BCUT2D eigenvalue weighted by atomic mass is 32.2. The molecule has 1 aliphatic rings. The Kier molecular flexibility index (Phi) is 4.42. The van der Waals surface area contributed by atoms with Crippen molar-refractivity contribution in [3.05, 3.63) is 28.5 Å². The van der Waals surface area contributed by atoms with E-state index in [4.69, 9.17) is 0 Å². The van der Waals surface area contributed by atoms with Gasteiger partial charge in [0.1, 0.15) is 0 Å². The number of thiophene rings is 1.